The molecule has 0 atom stereocenters. The van der Waals surface area contributed by atoms with Gasteiger partial charge >= 0.3 is 0 Å². The summed E-state index contributed by atoms with van der Waals surface area (Å²) in [4.78, 5) is 14.9. The van der Waals surface area contributed by atoms with Crippen LogP contribution in [0.25, 0.3) is 6.08 Å². The van der Waals surface area contributed by atoms with E-state index in [-0.39, 0.29) is 11.4 Å². The van der Waals surface area contributed by atoms with Crippen LogP contribution in [0.15, 0.2) is 54.1 Å². The number of nitriles is 1. The number of ketones is 1. The second-order valence-corrected chi connectivity index (χ2v) is 6.00. The number of allylic oxidation sites excluding steroid dienone is 1. The average molecular weight is 332 g/mol. The van der Waals surface area contributed by atoms with Crippen LogP contribution in [0, 0.1) is 18.3 Å². The Kier molecular flexibility index (Phi) is 5.27. The van der Waals surface area contributed by atoms with Crippen molar-refractivity contribution in [2.45, 2.75) is 6.92 Å². The molecule has 4 heteroatoms. The molecule has 126 valence electrons. The number of rotatable bonds is 4. The standard InChI is InChI=1S/C21H20N2O2/c1-16-4-2-3-5-20(16)21(24)18(15-22)14-17-6-8-19(9-7-17)23-10-12-25-13-11-23/h2-9,14H,10-13H2,1H3/b18-14+. The molecule has 0 unspecified atom stereocenters. The van der Waals surface area contributed by atoms with E-state index in [0.717, 1.165) is 43.1 Å². The van der Waals surface area contributed by atoms with Gasteiger partial charge in [-0.3, -0.25) is 4.79 Å². The van der Waals surface area contributed by atoms with Gasteiger partial charge in [0.2, 0.25) is 5.78 Å². The van der Waals surface area contributed by atoms with Gasteiger partial charge in [-0.15, -0.1) is 0 Å². The molecular formula is C21H20N2O2. The van der Waals surface area contributed by atoms with Gasteiger partial charge in [-0.25, -0.2) is 0 Å². The Balaban J connectivity index is 1.81. The van der Waals surface area contributed by atoms with E-state index in [0.29, 0.717) is 5.56 Å². The van der Waals surface area contributed by atoms with Crippen LogP contribution >= 0.6 is 0 Å². The molecular weight excluding hydrogens is 312 g/mol. The zero-order chi connectivity index (χ0) is 17.6. The van der Waals surface area contributed by atoms with E-state index in [1.165, 1.54) is 0 Å². The van der Waals surface area contributed by atoms with Gasteiger partial charge in [-0.05, 0) is 36.3 Å². The molecule has 0 amide bonds. The molecule has 0 aromatic heterocycles. The van der Waals surface area contributed by atoms with Crippen molar-refractivity contribution in [2.24, 2.45) is 0 Å². The number of carbonyl (C=O) groups is 1. The van der Waals surface area contributed by atoms with Crippen LogP contribution in [0.1, 0.15) is 21.5 Å². The zero-order valence-electron chi connectivity index (χ0n) is 14.2. The molecule has 0 saturated carbocycles. The van der Waals surface area contributed by atoms with Gasteiger partial charge in [-0.1, -0.05) is 36.4 Å². The fraction of sp³-hybridized carbons (Fsp3) is 0.238. The molecule has 0 bridgehead atoms. The average Bonchev–Trinajstić information content (AvgIpc) is 2.67. The summed E-state index contributed by atoms with van der Waals surface area (Å²) in [6.07, 6.45) is 1.65. The number of ether oxygens (including phenoxy) is 1. The molecule has 1 fully saturated rings. The number of anilines is 1. The van der Waals surface area contributed by atoms with Crippen LogP contribution in [0.4, 0.5) is 5.69 Å². The molecule has 4 nitrogen and oxygen atoms in total. The summed E-state index contributed by atoms with van der Waals surface area (Å²) in [7, 11) is 0. The molecule has 1 aliphatic heterocycles. The minimum atomic E-state index is -0.238. The van der Waals surface area contributed by atoms with Gasteiger partial charge < -0.3 is 9.64 Å². The predicted octanol–water partition coefficient (Wildman–Crippen LogP) is 3.62. The fourth-order valence-electron chi connectivity index (χ4n) is 2.89. The first-order chi connectivity index (χ1) is 12.2. The van der Waals surface area contributed by atoms with Crippen molar-refractivity contribution in [3.8, 4) is 6.07 Å². The number of Topliss-reactive ketones (excluding diaryl/α,β-unsaturated/α-hetero) is 1. The monoisotopic (exact) mass is 332 g/mol. The molecule has 2 aromatic carbocycles. The third-order valence-corrected chi connectivity index (χ3v) is 4.34. The maximum Gasteiger partial charge on any atom is 0.203 e. The lowest BCUT2D eigenvalue weighted by molar-refractivity contribution is 0.103. The van der Waals surface area contributed by atoms with Gasteiger partial charge in [0.15, 0.2) is 0 Å². The number of benzene rings is 2. The van der Waals surface area contributed by atoms with Crippen molar-refractivity contribution in [1.29, 1.82) is 5.26 Å². The Hall–Kier alpha value is -2.90. The number of hydrogen-bond donors (Lipinski definition) is 0. The number of morpholine rings is 1. The molecule has 0 radical (unpaired) electrons. The first-order valence-electron chi connectivity index (χ1n) is 8.34. The third kappa shape index (κ3) is 3.96. The van der Waals surface area contributed by atoms with E-state index in [1.807, 2.05) is 55.5 Å². The summed E-state index contributed by atoms with van der Waals surface area (Å²) >= 11 is 0. The lowest BCUT2D eigenvalue weighted by Crippen LogP contribution is -2.36. The summed E-state index contributed by atoms with van der Waals surface area (Å²) in [5.74, 6) is -0.238. The minimum Gasteiger partial charge on any atom is -0.378 e. The second-order valence-electron chi connectivity index (χ2n) is 6.00. The Labute approximate surface area is 148 Å². The van der Waals surface area contributed by atoms with Crippen molar-refractivity contribution in [1.82, 2.24) is 0 Å². The largest absolute Gasteiger partial charge is 0.378 e. The van der Waals surface area contributed by atoms with E-state index in [9.17, 15) is 10.1 Å². The van der Waals surface area contributed by atoms with E-state index >= 15 is 0 Å². The van der Waals surface area contributed by atoms with Gasteiger partial charge in [0, 0.05) is 24.3 Å². The highest BCUT2D eigenvalue weighted by molar-refractivity contribution is 6.14. The maximum atomic E-state index is 12.6. The topological polar surface area (TPSA) is 53.3 Å². The first-order valence-corrected chi connectivity index (χ1v) is 8.34. The van der Waals surface area contributed by atoms with E-state index < -0.39 is 0 Å². The van der Waals surface area contributed by atoms with Crippen molar-refractivity contribution in [2.75, 3.05) is 31.2 Å². The molecule has 3 rings (SSSR count). The molecule has 1 saturated heterocycles. The maximum absolute atomic E-state index is 12.6. The first kappa shape index (κ1) is 16.9. The smallest absolute Gasteiger partial charge is 0.203 e. The quantitative estimate of drug-likeness (QED) is 0.487. The summed E-state index contributed by atoms with van der Waals surface area (Å²) in [5, 5.41) is 9.41. The molecule has 1 heterocycles. The molecule has 0 spiro atoms. The Morgan fingerprint density at radius 3 is 2.44 bits per heavy atom. The highest BCUT2D eigenvalue weighted by Gasteiger charge is 2.14. The number of carbonyl (C=O) groups excluding carboxylic acids is 1. The van der Waals surface area contributed by atoms with Crippen LogP contribution < -0.4 is 4.90 Å². The Morgan fingerprint density at radius 1 is 1.12 bits per heavy atom. The number of hydrogen-bond acceptors (Lipinski definition) is 4. The zero-order valence-corrected chi connectivity index (χ0v) is 14.2. The highest BCUT2D eigenvalue weighted by Crippen LogP contribution is 2.20. The normalized spacial score (nSPS) is 14.9. The van der Waals surface area contributed by atoms with Crippen LogP contribution in [-0.4, -0.2) is 32.1 Å². The minimum absolute atomic E-state index is 0.147. The van der Waals surface area contributed by atoms with Gasteiger partial charge in [0.05, 0.1) is 13.2 Å². The van der Waals surface area contributed by atoms with Crippen LogP contribution in [0.5, 0.6) is 0 Å². The lowest BCUT2D eigenvalue weighted by Gasteiger charge is -2.28. The Morgan fingerprint density at radius 2 is 1.80 bits per heavy atom. The van der Waals surface area contributed by atoms with Gasteiger partial charge in [0.25, 0.3) is 0 Å². The van der Waals surface area contributed by atoms with Crippen molar-refractivity contribution < 1.29 is 9.53 Å². The summed E-state index contributed by atoms with van der Waals surface area (Å²) in [5.41, 5.74) is 3.56. The van der Waals surface area contributed by atoms with Crippen LogP contribution in [0.3, 0.4) is 0 Å². The van der Waals surface area contributed by atoms with Crippen molar-refractivity contribution >= 4 is 17.5 Å². The summed E-state index contributed by atoms with van der Waals surface area (Å²) in [6.45, 7) is 5.12. The molecule has 0 aliphatic carbocycles. The van der Waals surface area contributed by atoms with E-state index in [1.54, 1.807) is 12.1 Å². The number of aryl methyl sites for hydroxylation is 1. The fourth-order valence-corrected chi connectivity index (χ4v) is 2.89. The summed E-state index contributed by atoms with van der Waals surface area (Å²) < 4.78 is 5.37. The molecule has 1 aliphatic rings. The van der Waals surface area contributed by atoms with E-state index in [2.05, 4.69) is 4.90 Å². The van der Waals surface area contributed by atoms with Crippen molar-refractivity contribution in [3.63, 3.8) is 0 Å². The predicted molar refractivity (Wildman–Crippen MR) is 98.6 cm³/mol. The SMILES string of the molecule is Cc1ccccc1C(=O)/C(C#N)=C/c1ccc(N2CCOCC2)cc1. The van der Waals surface area contributed by atoms with Crippen LogP contribution in [0.2, 0.25) is 0 Å². The van der Waals surface area contributed by atoms with Crippen molar-refractivity contribution in [3.05, 3.63) is 70.8 Å². The highest BCUT2D eigenvalue weighted by atomic mass is 16.5. The van der Waals surface area contributed by atoms with Gasteiger partial charge in [0.1, 0.15) is 11.6 Å². The lowest BCUT2D eigenvalue weighted by atomic mass is 9.98. The third-order valence-electron chi connectivity index (χ3n) is 4.34. The molecule has 0 N–H and O–H groups in total. The van der Waals surface area contributed by atoms with Crippen LogP contribution in [-0.2, 0) is 4.74 Å². The summed E-state index contributed by atoms with van der Waals surface area (Å²) in [6, 6.07) is 17.3. The molecule has 25 heavy (non-hydrogen) atoms. The van der Waals surface area contributed by atoms with E-state index in [4.69, 9.17) is 4.74 Å². The van der Waals surface area contributed by atoms with Gasteiger partial charge in [-0.2, -0.15) is 5.26 Å². The second kappa shape index (κ2) is 7.78. The Bertz CT molecular complexity index is 826. The number of nitrogens with zero attached hydrogens (tertiary/aromatic N) is 2. The molecule has 2 aromatic rings.